The highest BCUT2D eigenvalue weighted by molar-refractivity contribution is 8.13. The van der Waals surface area contributed by atoms with Crippen molar-refractivity contribution < 1.29 is 0 Å². The second-order valence-electron chi connectivity index (χ2n) is 5.18. The zero-order valence-corrected chi connectivity index (χ0v) is 12.6. The van der Waals surface area contributed by atoms with Crippen LogP contribution in [0.2, 0.25) is 4.34 Å². The molecule has 5 heteroatoms. The van der Waals surface area contributed by atoms with Gasteiger partial charge in [-0.1, -0.05) is 36.2 Å². The first-order chi connectivity index (χ1) is 8.76. The van der Waals surface area contributed by atoms with Crippen LogP contribution in [0.1, 0.15) is 30.6 Å². The normalized spacial score (nSPS) is 22.2. The van der Waals surface area contributed by atoms with Gasteiger partial charge in [-0.2, -0.15) is 0 Å². The summed E-state index contributed by atoms with van der Waals surface area (Å²) in [6, 6.07) is 4.03. The molecular weight excluding hydrogens is 284 g/mol. The second kappa shape index (κ2) is 5.43. The van der Waals surface area contributed by atoms with E-state index < -0.39 is 0 Å². The fourth-order valence-corrected chi connectivity index (χ4v) is 4.88. The lowest BCUT2D eigenvalue weighted by atomic mass is 9.89. The Hall–Kier alpha value is -0.190. The van der Waals surface area contributed by atoms with Gasteiger partial charge in [-0.25, -0.2) is 0 Å². The number of amidine groups is 1. The lowest BCUT2D eigenvalue weighted by Gasteiger charge is -2.31. The summed E-state index contributed by atoms with van der Waals surface area (Å²) in [5, 5.41) is 4.53. The van der Waals surface area contributed by atoms with Gasteiger partial charge < -0.3 is 5.32 Å². The van der Waals surface area contributed by atoms with Crippen molar-refractivity contribution in [3.63, 3.8) is 0 Å². The van der Waals surface area contributed by atoms with Gasteiger partial charge in [0, 0.05) is 17.2 Å². The molecule has 0 bridgehead atoms. The second-order valence-corrected chi connectivity index (χ2v) is 7.94. The maximum atomic E-state index is 5.92. The van der Waals surface area contributed by atoms with Crippen LogP contribution in [-0.4, -0.2) is 17.5 Å². The summed E-state index contributed by atoms with van der Waals surface area (Å²) in [6.07, 6.45) is 5.54. The number of thioether (sulfide) groups is 1. The molecule has 1 aromatic rings. The van der Waals surface area contributed by atoms with E-state index in [0.717, 1.165) is 22.6 Å². The van der Waals surface area contributed by atoms with Gasteiger partial charge in [0.25, 0.3) is 0 Å². The number of aliphatic imine (C=N–C) groups is 1. The first kappa shape index (κ1) is 12.8. The molecule has 0 unspecified atom stereocenters. The van der Waals surface area contributed by atoms with Gasteiger partial charge in [0.1, 0.15) is 0 Å². The van der Waals surface area contributed by atoms with Crippen LogP contribution < -0.4 is 5.32 Å². The van der Waals surface area contributed by atoms with Crippen molar-refractivity contribution >= 4 is 39.9 Å². The van der Waals surface area contributed by atoms with Crippen LogP contribution in [0.15, 0.2) is 17.1 Å². The van der Waals surface area contributed by atoms with Crippen LogP contribution in [0.3, 0.4) is 0 Å². The van der Waals surface area contributed by atoms with Gasteiger partial charge in [-0.3, -0.25) is 4.99 Å². The van der Waals surface area contributed by atoms with Gasteiger partial charge in [0.2, 0.25) is 0 Å². The molecule has 2 nitrogen and oxygen atoms in total. The van der Waals surface area contributed by atoms with E-state index in [1.54, 1.807) is 11.3 Å². The van der Waals surface area contributed by atoms with E-state index in [-0.39, 0.29) is 0 Å². The number of halogens is 1. The molecule has 2 heterocycles. The molecule has 0 saturated heterocycles. The fourth-order valence-electron chi connectivity index (χ4n) is 2.70. The van der Waals surface area contributed by atoms with E-state index in [1.807, 2.05) is 17.8 Å². The first-order valence-corrected chi connectivity index (χ1v) is 8.59. The molecule has 1 N–H and O–H groups in total. The molecule has 3 rings (SSSR count). The Morgan fingerprint density at radius 1 is 1.33 bits per heavy atom. The summed E-state index contributed by atoms with van der Waals surface area (Å²) in [5.41, 5.74) is 0.530. The van der Waals surface area contributed by atoms with Gasteiger partial charge in [-0.15, -0.1) is 11.3 Å². The maximum absolute atomic E-state index is 5.92. The van der Waals surface area contributed by atoms with Gasteiger partial charge in [0.05, 0.1) is 10.9 Å². The number of nitrogens with one attached hydrogen (secondary N) is 1. The Morgan fingerprint density at radius 2 is 2.17 bits per heavy atom. The van der Waals surface area contributed by atoms with E-state index in [4.69, 9.17) is 16.6 Å². The number of rotatable bonds is 2. The van der Waals surface area contributed by atoms with Crippen LogP contribution >= 0.6 is 34.7 Å². The fraction of sp³-hybridized carbons (Fsp3) is 0.615. The largest absolute Gasteiger partial charge is 0.360 e. The molecule has 1 spiro atoms. The van der Waals surface area contributed by atoms with Crippen LogP contribution in [0.25, 0.3) is 0 Å². The lowest BCUT2D eigenvalue weighted by molar-refractivity contribution is 0.358. The van der Waals surface area contributed by atoms with E-state index in [1.165, 1.54) is 36.3 Å². The molecule has 1 saturated carbocycles. The summed E-state index contributed by atoms with van der Waals surface area (Å²) in [5.74, 6) is 1.24. The highest BCUT2D eigenvalue weighted by Crippen LogP contribution is 2.43. The van der Waals surface area contributed by atoms with Crippen molar-refractivity contribution in [3.8, 4) is 0 Å². The van der Waals surface area contributed by atoms with E-state index in [9.17, 15) is 0 Å². The highest BCUT2D eigenvalue weighted by atomic mass is 35.5. The molecule has 2 aliphatic rings. The number of hydrogen-bond acceptors (Lipinski definition) is 4. The standard InChI is InChI=1S/C13H17ClN2S2/c14-11-4-3-10(18-11)7-15-12-16-8-13(9-17-12)5-1-2-6-13/h3-4H,1-2,5-9H2,(H,15,16). The minimum Gasteiger partial charge on any atom is -0.360 e. The van der Waals surface area contributed by atoms with E-state index in [0.29, 0.717) is 5.41 Å². The van der Waals surface area contributed by atoms with Crippen molar-refractivity contribution in [2.24, 2.45) is 10.4 Å². The third-order valence-electron chi connectivity index (χ3n) is 3.78. The monoisotopic (exact) mass is 300 g/mol. The predicted octanol–water partition coefficient (Wildman–Crippen LogP) is 4.15. The molecule has 1 aromatic heterocycles. The summed E-state index contributed by atoms with van der Waals surface area (Å²) in [4.78, 5) is 5.99. The van der Waals surface area contributed by atoms with Crippen LogP contribution in [0.4, 0.5) is 0 Å². The molecule has 0 radical (unpaired) electrons. The first-order valence-electron chi connectivity index (χ1n) is 6.41. The Morgan fingerprint density at radius 3 is 2.78 bits per heavy atom. The number of hydrogen-bond donors (Lipinski definition) is 1. The minimum absolute atomic E-state index is 0.530. The maximum Gasteiger partial charge on any atom is 0.156 e. The quantitative estimate of drug-likeness (QED) is 0.887. The zero-order valence-electron chi connectivity index (χ0n) is 10.2. The molecule has 0 amide bonds. The average molecular weight is 301 g/mol. The predicted molar refractivity (Wildman–Crippen MR) is 81.8 cm³/mol. The number of nitrogens with zero attached hydrogens (tertiary/aromatic N) is 1. The van der Waals surface area contributed by atoms with Crippen molar-refractivity contribution in [2.75, 3.05) is 12.3 Å². The van der Waals surface area contributed by atoms with Crippen molar-refractivity contribution in [1.29, 1.82) is 0 Å². The molecule has 1 aliphatic carbocycles. The SMILES string of the molecule is Clc1ccc(CNC2=NCC3(CCCC3)CS2)s1. The molecule has 0 aromatic carbocycles. The third kappa shape index (κ3) is 2.86. The summed E-state index contributed by atoms with van der Waals surface area (Å²) >= 11 is 9.45. The molecular formula is C13H17ClN2S2. The van der Waals surface area contributed by atoms with Crippen LogP contribution in [0, 0.1) is 5.41 Å². The third-order valence-corrected chi connectivity index (χ3v) is 6.31. The number of thiophene rings is 1. The Kier molecular flexibility index (Phi) is 3.87. The zero-order chi connectivity index (χ0) is 12.4. The van der Waals surface area contributed by atoms with Crippen molar-refractivity contribution in [2.45, 2.75) is 32.2 Å². The topological polar surface area (TPSA) is 24.4 Å². The molecule has 98 valence electrons. The van der Waals surface area contributed by atoms with E-state index >= 15 is 0 Å². The molecule has 18 heavy (non-hydrogen) atoms. The molecule has 1 fully saturated rings. The van der Waals surface area contributed by atoms with Crippen LogP contribution in [0.5, 0.6) is 0 Å². The smallest absolute Gasteiger partial charge is 0.156 e. The average Bonchev–Trinajstić information content (AvgIpc) is 2.99. The summed E-state index contributed by atoms with van der Waals surface area (Å²) < 4.78 is 0.856. The summed E-state index contributed by atoms with van der Waals surface area (Å²) in [6.45, 7) is 1.86. The highest BCUT2D eigenvalue weighted by Gasteiger charge is 2.36. The Bertz CT molecular complexity index is 450. The Balaban J connectivity index is 1.54. The summed E-state index contributed by atoms with van der Waals surface area (Å²) in [7, 11) is 0. The van der Waals surface area contributed by atoms with Crippen LogP contribution in [-0.2, 0) is 6.54 Å². The van der Waals surface area contributed by atoms with Gasteiger partial charge in [0.15, 0.2) is 5.17 Å². The molecule has 1 aliphatic heterocycles. The lowest BCUT2D eigenvalue weighted by Crippen LogP contribution is -2.33. The van der Waals surface area contributed by atoms with Gasteiger partial charge >= 0.3 is 0 Å². The van der Waals surface area contributed by atoms with Crippen molar-refractivity contribution in [1.82, 2.24) is 5.32 Å². The molecule has 0 atom stereocenters. The van der Waals surface area contributed by atoms with Crippen molar-refractivity contribution in [3.05, 3.63) is 21.3 Å². The van der Waals surface area contributed by atoms with E-state index in [2.05, 4.69) is 11.4 Å². The van der Waals surface area contributed by atoms with Gasteiger partial charge in [-0.05, 0) is 30.4 Å². The minimum atomic E-state index is 0.530. The Labute approximate surface area is 121 Å².